The molecule has 32 heavy (non-hydrogen) atoms. The van der Waals surface area contributed by atoms with Gasteiger partial charge >= 0.3 is 0 Å². The molecule has 1 atom stereocenters. The molecule has 0 spiro atoms. The summed E-state index contributed by atoms with van der Waals surface area (Å²) >= 11 is 1.52. The van der Waals surface area contributed by atoms with Crippen molar-refractivity contribution < 1.29 is 13.3 Å². The van der Waals surface area contributed by atoms with E-state index in [0.29, 0.717) is 18.1 Å². The van der Waals surface area contributed by atoms with Crippen molar-refractivity contribution in [3.63, 3.8) is 0 Å². The minimum absolute atomic E-state index is 0.273. The van der Waals surface area contributed by atoms with Crippen molar-refractivity contribution in [3.05, 3.63) is 83.8 Å². The van der Waals surface area contributed by atoms with E-state index < -0.39 is 10.8 Å². The van der Waals surface area contributed by atoms with Gasteiger partial charge in [-0.15, -0.1) is 11.3 Å². The zero-order valence-corrected chi connectivity index (χ0v) is 18.6. The summed E-state index contributed by atoms with van der Waals surface area (Å²) in [5.41, 5.74) is 3.93. The topological polar surface area (TPSA) is 69.4 Å². The summed E-state index contributed by atoms with van der Waals surface area (Å²) in [6.45, 7) is 0.326. The Kier molecular flexibility index (Phi) is 5.50. The number of fused-ring (bicyclic) bond motifs is 1. The number of benzene rings is 2. The molecule has 0 aliphatic carbocycles. The third-order valence-corrected chi connectivity index (χ3v) is 6.29. The molecule has 0 amide bonds. The van der Waals surface area contributed by atoms with Crippen LogP contribution in [0.5, 0.6) is 5.75 Å². The lowest BCUT2D eigenvalue weighted by molar-refractivity contribution is 0.306. The van der Waals surface area contributed by atoms with Gasteiger partial charge in [0, 0.05) is 29.6 Å². The quantitative estimate of drug-likeness (QED) is 0.332. The summed E-state index contributed by atoms with van der Waals surface area (Å²) in [5, 5.41) is 2.23. The normalized spacial score (nSPS) is 12.2. The number of halogens is 1. The van der Waals surface area contributed by atoms with Crippen molar-refractivity contribution in [2.24, 2.45) is 0 Å². The summed E-state index contributed by atoms with van der Waals surface area (Å²) in [6, 6.07) is 15.7. The van der Waals surface area contributed by atoms with Gasteiger partial charge in [0.25, 0.3) is 0 Å². The largest absolute Gasteiger partial charge is 0.489 e. The molecule has 0 aliphatic rings. The smallest absolute Gasteiger partial charge is 0.218 e. The number of thiazole rings is 1. The van der Waals surface area contributed by atoms with Gasteiger partial charge in [0.15, 0.2) is 4.96 Å². The summed E-state index contributed by atoms with van der Waals surface area (Å²) in [5.74, 6) is 0.398. The molecule has 3 heterocycles. The average Bonchev–Trinajstić information content (AvgIpc) is 3.40. The standard InChI is InChI=1S/C23H17FN4O2S2/c1-32(29)22-25-10-9-19(26-22)21-20(27-23-28(21)11-12-31-23)16-3-2-4-18(13-16)30-14-15-5-7-17(24)8-6-15/h2-13H,14H2,1H3. The fraction of sp³-hybridized carbons (Fsp3) is 0.0870. The van der Waals surface area contributed by atoms with E-state index in [9.17, 15) is 8.60 Å². The molecule has 3 aromatic heterocycles. The van der Waals surface area contributed by atoms with Crippen LogP contribution in [-0.4, -0.2) is 29.8 Å². The monoisotopic (exact) mass is 464 g/mol. The lowest BCUT2D eigenvalue weighted by atomic mass is 10.1. The van der Waals surface area contributed by atoms with Crippen LogP contribution in [0.4, 0.5) is 4.39 Å². The van der Waals surface area contributed by atoms with Gasteiger partial charge in [-0.2, -0.15) is 0 Å². The van der Waals surface area contributed by atoms with E-state index in [4.69, 9.17) is 9.72 Å². The highest BCUT2D eigenvalue weighted by Crippen LogP contribution is 2.34. The highest BCUT2D eigenvalue weighted by Gasteiger charge is 2.19. The molecule has 2 aromatic carbocycles. The molecule has 0 N–H and O–H groups in total. The van der Waals surface area contributed by atoms with Gasteiger partial charge in [0.2, 0.25) is 5.16 Å². The molecule has 9 heteroatoms. The average molecular weight is 465 g/mol. The number of hydrogen-bond donors (Lipinski definition) is 0. The van der Waals surface area contributed by atoms with E-state index in [-0.39, 0.29) is 11.0 Å². The first-order valence-electron chi connectivity index (χ1n) is 9.68. The fourth-order valence-corrected chi connectivity index (χ4v) is 4.47. The number of ether oxygens (including phenoxy) is 1. The Labute approximate surface area is 189 Å². The number of imidazole rings is 1. The van der Waals surface area contributed by atoms with Gasteiger partial charge in [0.05, 0.1) is 22.2 Å². The highest BCUT2D eigenvalue weighted by molar-refractivity contribution is 7.84. The van der Waals surface area contributed by atoms with Crippen molar-refractivity contribution in [1.82, 2.24) is 19.4 Å². The number of nitrogens with zero attached hydrogens (tertiary/aromatic N) is 4. The van der Waals surface area contributed by atoms with E-state index >= 15 is 0 Å². The predicted octanol–water partition coefficient (Wildman–Crippen LogP) is 4.98. The van der Waals surface area contributed by atoms with Crippen LogP contribution >= 0.6 is 11.3 Å². The maximum atomic E-state index is 13.1. The molecule has 160 valence electrons. The minimum atomic E-state index is -1.29. The molecule has 0 aliphatic heterocycles. The third-order valence-electron chi connectivity index (χ3n) is 4.82. The van der Waals surface area contributed by atoms with Gasteiger partial charge < -0.3 is 4.74 Å². The Bertz CT molecular complexity index is 1430. The second-order valence-corrected chi connectivity index (χ2v) is 9.13. The summed E-state index contributed by atoms with van der Waals surface area (Å²) < 4.78 is 32.9. The Hall–Kier alpha value is -3.43. The molecular weight excluding hydrogens is 447 g/mol. The summed E-state index contributed by atoms with van der Waals surface area (Å²) in [7, 11) is -1.29. The number of rotatable bonds is 6. The molecule has 0 bridgehead atoms. The highest BCUT2D eigenvalue weighted by atomic mass is 32.2. The molecule has 6 nitrogen and oxygen atoms in total. The van der Waals surface area contributed by atoms with Crippen LogP contribution in [0.2, 0.25) is 0 Å². The van der Waals surface area contributed by atoms with Crippen LogP contribution in [0, 0.1) is 5.82 Å². The zero-order chi connectivity index (χ0) is 22.1. The third kappa shape index (κ3) is 4.04. The van der Waals surface area contributed by atoms with E-state index in [1.807, 2.05) is 40.2 Å². The van der Waals surface area contributed by atoms with Crippen molar-refractivity contribution >= 4 is 27.1 Å². The molecule has 0 fully saturated rings. The minimum Gasteiger partial charge on any atom is -0.489 e. The predicted molar refractivity (Wildman–Crippen MR) is 123 cm³/mol. The second kappa shape index (κ2) is 8.60. The van der Waals surface area contributed by atoms with E-state index in [2.05, 4.69) is 9.97 Å². The Balaban J connectivity index is 1.53. The number of aromatic nitrogens is 4. The van der Waals surface area contributed by atoms with E-state index in [1.165, 1.54) is 23.5 Å². The van der Waals surface area contributed by atoms with Crippen LogP contribution < -0.4 is 4.74 Å². The zero-order valence-electron chi connectivity index (χ0n) is 16.9. The van der Waals surface area contributed by atoms with Crippen molar-refractivity contribution in [1.29, 1.82) is 0 Å². The first-order valence-corrected chi connectivity index (χ1v) is 12.1. The Morgan fingerprint density at radius 1 is 1.12 bits per heavy atom. The number of hydrogen-bond acceptors (Lipinski definition) is 6. The van der Waals surface area contributed by atoms with Crippen molar-refractivity contribution in [2.75, 3.05) is 6.26 Å². The Morgan fingerprint density at radius 2 is 1.97 bits per heavy atom. The van der Waals surface area contributed by atoms with Gasteiger partial charge in [-0.05, 0) is 35.9 Å². The maximum absolute atomic E-state index is 13.1. The van der Waals surface area contributed by atoms with Crippen LogP contribution in [0.1, 0.15) is 5.56 Å². The molecule has 1 unspecified atom stereocenters. The maximum Gasteiger partial charge on any atom is 0.218 e. The van der Waals surface area contributed by atoms with Gasteiger partial charge in [-0.3, -0.25) is 8.61 Å². The van der Waals surface area contributed by atoms with Crippen LogP contribution in [0.25, 0.3) is 27.6 Å². The molecule has 5 aromatic rings. The molecular formula is C23H17FN4O2S2. The Morgan fingerprint density at radius 3 is 2.78 bits per heavy atom. The van der Waals surface area contributed by atoms with Crippen LogP contribution in [-0.2, 0) is 17.4 Å². The van der Waals surface area contributed by atoms with Gasteiger partial charge in [-0.1, -0.05) is 24.3 Å². The first kappa shape index (κ1) is 20.5. The van der Waals surface area contributed by atoms with Crippen molar-refractivity contribution in [2.45, 2.75) is 11.8 Å². The second-order valence-electron chi connectivity index (χ2n) is 6.99. The molecule has 0 saturated heterocycles. The van der Waals surface area contributed by atoms with Crippen LogP contribution in [0.15, 0.2) is 77.5 Å². The SMILES string of the molecule is CS(=O)c1nccc(-c2c(-c3cccc(OCc4ccc(F)cc4)c3)nc3sccn23)n1. The summed E-state index contributed by atoms with van der Waals surface area (Å²) in [6.07, 6.45) is 5.10. The van der Waals surface area contributed by atoms with E-state index in [1.54, 1.807) is 30.7 Å². The molecule has 0 saturated carbocycles. The molecule has 0 radical (unpaired) electrons. The summed E-state index contributed by atoms with van der Waals surface area (Å²) in [4.78, 5) is 14.3. The van der Waals surface area contributed by atoms with Gasteiger partial charge in [-0.25, -0.2) is 19.3 Å². The van der Waals surface area contributed by atoms with Crippen molar-refractivity contribution in [3.8, 4) is 28.4 Å². The van der Waals surface area contributed by atoms with Gasteiger partial charge in [0.1, 0.15) is 23.9 Å². The lowest BCUT2D eigenvalue weighted by Gasteiger charge is -2.09. The first-order chi connectivity index (χ1) is 15.6. The molecule has 5 rings (SSSR count). The fourth-order valence-electron chi connectivity index (χ4n) is 3.32. The van der Waals surface area contributed by atoms with E-state index in [0.717, 1.165) is 27.5 Å². The lowest BCUT2D eigenvalue weighted by Crippen LogP contribution is -1.99. The van der Waals surface area contributed by atoms with Crippen LogP contribution in [0.3, 0.4) is 0 Å².